The van der Waals surface area contributed by atoms with Gasteiger partial charge in [-0.15, -0.1) is 0 Å². The van der Waals surface area contributed by atoms with E-state index in [1.165, 1.54) is 35.2 Å². The lowest BCUT2D eigenvalue weighted by Crippen LogP contribution is -2.45. The Labute approximate surface area is 168 Å². The van der Waals surface area contributed by atoms with Gasteiger partial charge in [-0.3, -0.25) is 0 Å². The summed E-state index contributed by atoms with van der Waals surface area (Å²) in [6.07, 6.45) is 6.02. The zero-order valence-corrected chi connectivity index (χ0v) is 20.1. The molecule has 1 aromatic heterocycles. The number of benzene rings is 1. The molecule has 0 aliphatic heterocycles. The van der Waals surface area contributed by atoms with E-state index in [4.69, 9.17) is 0 Å². The first-order valence-electron chi connectivity index (χ1n) is 10.7. The van der Waals surface area contributed by atoms with E-state index in [9.17, 15) is 0 Å². The fourth-order valence-electron chi connectivity index (χ4n) is 4.25. The summed E-state index contributed by atoms with van der Waals surface area (Å²) in [5.41, 5.74) is 7.16. The minimum atomic E-state index is -1.42. The highest BCUT2D eigenvalue weighted by Gasteiger charge is 2.28. The van der Waals surface area contributed by atoms with Crippen molar-refractivity contribution in [3.05, 3.63) is 47.2 Å². The molecule has 0 saturated heterocycles. The molecular formula is C25H40NSi+. The van der Waals surface area contributed by atoms with Crippen LogP contribution in [0.15, 0.2) is 30.5 Å². The molecule has 2 aromatic rings. The maximum atomic E-state index is 2.52. The smallest absolute Gasteiger partial charge is 0.201 e. The van der Waals surface area contributed by atoms with Crippen LogP contribution in [0, 0.1) is 12.8 Å². The molecule has 0 N–H and O–H groups in total. The van der Waals surface area contributed by atoms with E-state index in [2.05, 4.69) is 96.3 Å². The molecule has 2 heteroatoms. The SMILES string of the molecule is CCC(CC)c1c[n+](C)c(-c2ccc(CC(C)C)cc2C)cc1[Si](C)(C)C. The molecule has 1 heterocycles. The van der Waals surface area contributed by atoms with E-state index in [1.54, 1.807) is 10.8 Å². The number of aromatic nitrogens is 1. The summed E-state index contributed by atoms with van der Waals surface area (Å²) < 4.78 is 2.36. The van der Waals surface area contributed by atoms with Crippen LogP contribution in [0.1, 0.15) is 63.1 Å². The van der Waals surface area contributed by atoms with Crippen LogP contribution in [0.4, 0.5) is 0 Å². The third-order valence-electron chi connectivity index (χ3n) is 5.75. The van der Waals surface area contributed by atoms with Crippen molar-refractivity contribution in [1.29, 1.82) is 0 Å². The summed E-state index contributed by atoms with van der Waals surface area (Å²) in [5.74, 6) is 1.37. The molecular weight excluding hydrogens is 342 g/mol. The van der Waals surface area contributed by atoms with Crippen LogP contribution in [0.25, 0.3) is 11.3 Å². The normalized spacial score (nSPS) is 12.3. The van der Waals surface area contributed by atoms with Gasteiger partial charge in [0.1, 0.15) is 7.05 Å². The van der Waals surface area contributed by atoms with Crippen molar-refractivity contribution in [1.82, 2.24) is 0 Å². The lowest BCUT2D eigenvalue weighted by Gasteiger charge is -2.25. The van der Waals surface area contributed by atoms with Crippen molar-refractivity contribution in [3.63, 3.8) is 0 Å². The molecule has 0 fully saturated rings. The van der Waals surface area contributed by atoms with Crippen LogP contribution in [0.5, 0.6) is 0 Å². The van der Waals surface area contributed by atoms with Crippen molar-refractivity contribution in [2.45, 2.75) is 79.4 Å². The molecule has 0 aliphatic carbocycles. The highest BCUT2D eigenvalue weighted by molar-refractivity contribution is 6.89. The third kappa shape index (κ3) is 5.10. The molecule has 0 amide bonds. The molecule has 0 aliphatic rings. The minimum absolute atomic E-state index is 0.668. The molecule has 0 saturated carbocycles. The highest BCUT2D eigenvalue weighted by atomic mass is 28.3. The lowest BCUT2D eigenvalue weighted by molar-refractivity contribution is -0.660. The van der Waals surface area contributed by atoms with E-state index in [0.29, 0.717) is 11.8 Å². The Morgan fingerprint density at radius 3 is 2.11 bits per heavy atom. The number of hydrogen-bond acceptors (Lipinski definition) is 0. The average Bonchev–Trinajstić information content (AvgIpc) is 2.55. The molecule has 0 radical (unpaired) electrons. The second-order valence-corrected chi connectivity index (χ2v) is 14.7. The Morgan fingerprint density at radius 1 is 1.00 bits per heavy atom. The van der Waals surface area contributed by atoms with E-state index >= 15 is 0 Å². The first-order valence-corrected chi connectivity index (χ1v) is 14.2. The summed E-state index contributed by atoms with van der Waals surface area (Å²) in [4.78, 5) is 0. The van der Waals surface area contributed by atoms with Gasteiger partial charge >= 0.3 is 0 Å². The molecule has 0 unspecified atom stereocenters. The summed E-state index contributed by atoms with van der Waals surface area (Å²) >= 11 is 0. The van der Waals surface area contributed by atoms with Gasteiger partial charge in [-0.2, -0.15) is 0 Å². The Morgan fingerprint density at radius 2 is 1.63 bits per heavy atom. The molecule has 1 aromatic carbocycles. The molecule has 0 atom stereocenters. The minimum Gasteiger partial charge on any atom is -0.201 e. The quantitative estimate of drug-likeness (QED) is 0.400. The number of pyridine rings is 1. The monoisotopic (exact) mass is 382 g/mol. The highest BCUT2D eigenvalue weighted by Crippen LogP contribution is 2.27. The molecule has 27 heavy (non-hydrogen) atoms. The van der Waals surface area contributed by atoms with Gasteiger partial charge < -0.3 is 0 Å². The standard InChI is InChI=1S/C25H40NSi/c1-10-21(11-2)23-17-26(6)24(16-25(23)27(7,8)9)22-13-12-20(14-18(3)4)15-19(22)5/h12-13,15-18,21H,10-11,14H2,1-9H3/q+1. The van der Waals surface area contributed by atoms with Gasteiger partial charge in [-0.25, -0.2) is 4.57 Å². The Bertz CT molecular complexity index is 780. The van der Waals surface area contributed by atoms with Crippen LogP contribution in [0.3, 0.4) is 0 Å². The van der Waals surface area contributed by atoms with Crippen LogP contribution >= 0.6 is 0 Å². The van der Waals surface area contributed by atoms with Crippen LogP contribution in [-0.2, 0) is 13.5 Å². The fraction of sp³-hybridized carbons (Fsp3) is 0.560. The van der Waals surface area contributed by atoms with Crippen molar-refractivity contribution in [2.24, 2.45) is 13.0 Å². The zero-order valence-electron chi connectivity index (χ0n) is 19.1. The van der Waals surface area contributed by atoms with Crippen molar-refractivity contribution >= 4 is 13.3 Å². The van der Waals surface area contributed by atoms with Crippen LogP contribution in [-0.4, -0.2) is 8.07 Å². The molecule has 0 spiro atoms. The predicted octanol–water partition coefficient (Wildman–Crippen LogP) is 6.13. The summed E-state index contributed by atoms with van der Waals surface area (Å²) in [6.45, 7) is 19.0. The number of aryl methyl sites for hydroxylation is 2. The van der Waals surface area contributed by atoms with Gasteiger partial charge in [0.25, 0.3) is 0 Å². The Balaban J connectivity index is 2.61. The molecule has 148 valence electrons. The second-order valence-electron chi connectivity index (χ2n) is 9.65. The predicted molar refractivity (Wildman–Crippen MR) is 123 cm³/mol. The Kier molecular flexibility index (Phi) is 7.07. The van der Waals surface area contributed by atoms with Gasteiger partial charge in [-0.1, -0.05) is 59.5 Å². The first kappa shape index (κ1) is 21.9. The molecule has 1 nitrogen and oxygen atoms in total. The van der Waals surface area contributed by atoms with Gasteiger partial charge in [0.15, 0.2) is 6.20 Å². The number of nitrogens with zero attached hydrogens (tertiary/aromatic N) is 1. The zero-order chi connectivity index (χ0) is 20.4. The van der Waals surface area contributed by atoms with Gasteiger partial charge in [0.05, 0.1) is 8.07 Å². The largest absolute Gasteiger partial charge is 0.212 e. The Hall–Kier alpha value is -1.41. The number of rotatable bonds is 7. The number of hydrogen-bond donors (Lipinski definition) is 0. The molecule has 0 bridgehead atoms. The maximum absolute atomic E-state index is 2.52. The van der Waals surface area contributed by atoms with Gasteiger partial charge in [-0.05, 0) is 60.4 Å². The summed E-state index contributed by atoms with van der Waals surface area (Å²) in [5, 5.41) is 1.63. The van der Waals surface area contributed by atoms with Crippen molar-refractivity contribution in [3.8, 4) is 11.3 Å². The fourth-order valence-corrected chi connectivity index (χ4v) is 5.96. The molecule has 2 rings (SSSR count). The average molecular weight is 383 g/mol. The van der Waals surface area contributed by atoms with Crippen LogP contribution < -0.4 is 9.75 Å². The maximum Gasteiger partial charge on any atom is 0.212 e. The third-order valence-corrected chi connectivity index (χ3v) is 7.80. The van der Waals surface area contributed by atoms with Crippen molar-refractivity contribution in [2.75, 3.05) is 0 Å². The van der Waals surface area contributed by atoms with E-state index in [-0.39, 0.29) is 0 Å². The summed E-state index contributed by atoms with van der Waals surface area (Å²) in [7, 11) is 0.795. The van der Waals surface area contributed by atoms with E-state index in [0.717, 1.165) is 6.42 Å². The van der Waals surface area contributed by atoms with E-state index in [1.807, 2.05) is 0 Å². The van der Waals surface area contributed by atoms with E-state index < -0.39 is 8.07 Å². The van der Waals surface area contributed by atoms with Crippen LogP contribution in [0.2, 0.25) is 19.6 Å². The second kappa shape index (κ2) is 8.73. The first-order chi connectivity index (χ1) is 12.6. The summed E-state index contributed by atoms with van der Waals surface area (Å²) in [6, 6.07) is 9.57. The van der Waals surface area contributed by atoms with Gasteiger partial charge in [0, 0.05) is 17.2 Å². The lowest BCUT2D eigenvalue weighted by atomic mass is 9.93. The van der Waals surface area contributed by atoms with Gasteiger partial charge in [0.2, 0.25) is 5.69 Å². The topological polar surface area (TPSA) is 3.88 Å². The van der Waals surface area contributed by atoms with Crippen molar-refractivity contribution < 1.29 is 4.57 Å².